The van der Waals surface area contributed by atoms with Crippen LogP contribution in [0.25, 0.3) is 0 Å². The smallest absolute Gasteiger partial charge is 0.416 e. The standard InChI is InChI=1S/C27H35F3N2O3/c1-17-12-18(2)16-32(15-17)24-11-8-21(27(28,29)30)14-23(24)31-19(3)13-20-6-9-22(10-7-20)35-26(4,5)25(33)34/h6-11,14,17-19,31H,12-13,15-16H2,1-5H3,(H,33,34)/t17-,18+,19?. The second kappa shape index (κ2) is 10.4. The molecule has 0 saturated carbocycles. The van der Waals surface area contributed by atoms with Gasteiger partial charge in [-0.15, -0.1) is 0 Å². The number of aliphatic carboxylic acids is 1. The van der Waals surface area contributed by atoms with Gasteiger partial charge < -0.3 is 20.1 Å². The third-order valence-electron chi connectivity index (χ3n) is 6.29. The highest BCUT2D eigenvalue weighted by Crippen LogP contribution is 2.38. The van der Waals surface area contributed by atoms with Gasteiger partial charge in [0.25, 0.3) is 0 Å². The summed E-state index contributed by atoms with van der Waals surface area (Å²) in [6.07, 6.45) is -2.73. The maximum absolute atomic E-state index is 13.5. The Bertz CT molecular complexity index is 1010. The molecule has 3 atom stereocenters. The number of rotatable bonds is 8. The molecule has 8 heteroatoms. The molecule has 2 aromatic rings. The van der Waals surface area contributed by atoms with E-state index in [0.717, 1.165) is 36.8 Å². The van der Waals surface area contributed by atoms with E-state index in [-0.39, 0.29) is 6.04 Å². The predicted molar refractivity (Wildman–Crippen MR) is 132 cm³/mol. The molecule has 0 amide bonds. The minimum absolute atomic E-state index is 0.140. The van der Waals surface area contributed by atoms with Crippen LogP contribution in [0.5, 0.6) is 5.75 Å². The first-order valence-electron chi connectivity index (χ1n) is 12.0. The van der Waals surface area contributed by atoms with Crippen LogP contribution in [0.3, 0.4) is 0 Å². The monoisotopic (exact) mass is 492 g/mol. The molecule has 5 nitrogen and oxygen atoms in total. The van der Waals surface area contributed by atoms with E-state index in [1.54, 1.807) is 18.2 Å². The van der Waals surface area contributed by atoms with Crippen LogP contribution in [0.2, 0.25) is 0 Å². The van der Waals surface area contributed by atoms with Crippen LogP contribution in [0.4, 0.5) is 24.5 Å². The third kappa shape index (κ3) is 7.05. The average Bonchev–Trinajstić information content (AvgIpc) is 2.73. The Labute approximate surface area is 205 Å². The van der Waals surface area contributed by atoms with E-state index in [1.807, 2.05) is 19.1 Å². The Morgan fingerprint density at radius 2 is 1.71 bits per heavy atom. The van der Waals surface area contributed by atoms with Gasteiger partial charge in [-0.2, -0.15) is 13.2 Å². The molecule has 1 aliphatic rings. The van der Waals surface area contributed by atoms with Gasteiger partial charge in [0.05, 0.1) is 16.9 Å². The number of nitrogens with zero attached hydrogens (tertiary/aromatic N) is 1. The second-order valence-electron chi connectivity index (χ2n) is 10.4. The van der Waals surface area contributed by atoms with Crippen molar-refractivity contribution < 1.29 is 27.8 Å². The van der Waals surface area contributed by atoms with Crippen molar-refractivity contribution in [3.63, 3.8) is 0 Å². The molecule has 2 aromatic carbocycles. The van der Waals surface area contributed by atoms with Gasteiger partial charge in [0.1, 0.15) is 5.75 Å². The van der Waals surface area contributed by atoms with Gasteiger partial charge in [-0.1, -0.05) is 26.0 Å². The molecule has 1 aliphatic heterocycles. The zero-order valence-corrected chi connectivity index (χ0v) is 20.9. The van der Waals surface area contributed by atoms with Crippen LogP contribution < -0.4 is 15.0 Å². The molecule has 192 valence electrons. The van der Waals surface area contributed by atoms with E-state index in [9.17, 15) is 23.1 Å². The van der Waals surface area contributed by atoms with Crippen molar-refractivity contribution in [2.24, 2.45) is 11.8 Å². The molecular formula is C27H35F3N2O3. The van der Waals surface area contributed by atoms with Gasteiger partial charge >= 0.3 is 12.1 Å². The Kier molecular flexibility index (Phi) is 7.92. The zero-order valence-electron chi connectivity index (χ0n) is 20.9. The van der Waals surface area contributed by atoms with Crippen molar-refractivity contribution in [3.05, 3.63) is 53.6 Å². The SMILES string of the molecule is CC(Cc1ccc(OC(C)(C)C(=O)O)cc1)Nc1cc(C(F)(F)F)ccc1N1C[C@H](C)C[C@H](C)C1. The molecule has 0 aliphatic carbocycles. The number of ether oxygens (including phenoxy) is 1. The highest BCUT2D eigenvalue weighted by molar-refractivity contribution is 5.76. The van der Waals surface area contributed by atoms with E-state index < -0.39 is 23.3 Å². The number of benzene rings is 2. The fraction of sp³-hybridized carbons (Fsp3) is 0.519. The third-order valence-corrected chi connectivity index (χ3v) is 6.29. The molecule has 0 aromatic heterocycles. The summed E-state index contributed by atoms with van der Waals surface area (Å²) < 4.78 is 45.9. The summed E-state index contributed by atoms with van der Waals surface area (Å²) >= 11 is 0. The molecule has 0 radical (unpaired) electrons. The molecule has 1 heterocycles. The highest BCUT2D eigenvalue weighted by Gasteiger charge is 2.32. The van der Waals surface area contributed by atoms with Gasteiger partial charge in [-0.05, 0) is 81.3 Å². The van der Waals surface area contributed by atoms with E-state index in [2.05, 4.69) is 24.1 Å². The number of piperidine rings is 1. The Morgan fingerprint density at radius 1 is 1.11 bits per heavy atom. The lowest BCUT2D eigenvalue weighted by Crippen LogP contribution is -2.39. The van der Waals surface area contributed by atoms with Gasteiger partial charge in [0, 0.05) is 19.1 Å². The summed E-state index contributed by atoms with van der Waals surface area (Å²) in [6, 6.07) is 10.9. The van der Waals surface area contributed by atoms with Crippen LogP contribution in [0, 0.1) is 11.8 Å². The minimum atomic E-state index is -4.42. The number of nitrogens with one attached hydrogen (secondary N) is 1. The van der Waals surface area contributed by atoms with Gasteiger partial charge in [0.15, 0.2) is 5.60 Å². The molecule has 1 saturated heterocycles. The van der Waals surface area contributed by atoms with Crippen LogP contribution >= 0.6 is 0 Å². The van der Waals surface area contributed by atoms with E-state index in [0.29, 0.717) is 29.7 Å². The van der Waals surface area contributed by atoms with Crippen LogP contribution in [-0.4, -0.2) is 35.8 Å². The minimum Gasteiger partial charge on any atom is -0.478 e. The fourth-order valence-electron chi connectivity index (χ4n) is 4.67. The molecule has 2 N–H and O–H groups in total. The lowest BCUT2D eigenvalue weighted by molar-refractivity contribution is -0.152. The van der Waals surface area contributed by atoms with Crippen molar-refractivity contribution in [1.82, 2.24) is 0 Å². The Balaban J connectivity index is 1.77. The molecular weight excluding hydrogens is 457 g/mol. The number of hydrogen-bond acceptors (Lipinski definition) is 4. The van der Waals surface area contributed by atoms with Gasteiger partial charge in [-0.3, -0.25) is 0 Å². The maximum Gasteiger partial charge on any atom is 0.416 e. The number of anilines is 2. The molecule has 0 spiro atoms. The van der Waals surface area contributed by atoms with Crippen molar-refractivity contribution in [3.8, 4) is 5.75 Å². The quantitative estimate of drug-likeness (QED) is 0.442. The fourth-order valence-corrected chi connectivity index (χ4v) is 4.67. The zero-order chi connectivity index (χ0) is 26.0. The summed E-state index contributed by atoms with van der Waals surface area (Å²) in [4.78, 5) is 13.5. The maximum atomic E-state index is 13.5. The summed E-state index contributed by atoms with van der Waals surface area (Å²) in [5.41, 5.74) is 0.218. The largest absolute Gasteiger partial charge is 0.478 e. The summed E-state index contributed by atoms with van der Waals surface area (Å²) in [6.45, 7) is 10.9. The first-order valence-corrected chi connectivity index (χ1v) is 12.0. The van der Waals surface area contributed by atoms with Crippen molar-refractivity contribution in [1.29, 1.82) is 0 Å². The molecule has 35 heavy (non-hydrogen) atoms. The number of halogens is 3. The normalized spacial score (nSPS) is 19.8. The Hall–Kier alpha value is -2.90. The van der Waals surface area contributed by atoms with Crippen LogP contribution in [-0.2, 0) is 17.4 Å². The van der Waals surface area contributed by atoms with Crippen LogP contribution in [0.1, 0.15) is 52.2 Å². The number of carboxylic acid groups (broad SMARTS) is 1. The summed E-state index contributed by atoms with van der Waals surface area (Å²) in [5.74, 6) is 0.320. The van der Waals surface area contributed by atoms with E-state index in [4.69, 9.17) is 4.74 Å². The van der Waals surface area contributed by atoms with Gasteiger partial charge in [0.2, 0.25) is 0 Å². The number of carboxylic acids is 1. The van der Waals surface area contributed by atoms with Gasteiger partial charge in [-0.25, -0.2) is 4.79 Å². The first kappa shape index (κ1) is 26.7. The van der Waals surface area contributed by atoms with E-state index >= 15 is 0 Å². The van der Waals surface area contributed by atoms with Crippen LogP contribution in [0.15, 0.2) is 42.5 Å². The molecule has 3 rings (SSSR count). The lowest BCUT2D eigenvalue weighted by atomic mass is 9.91. The van der Waals surface area contributed by atoms with Crippen molar-refractivity contribution in [2.75, 3.05) is 23.3 Å². The van der Waals surface area contributed by atoms with E-state index in [1.165, 1.54) is 19.9 Å². The molecule has 1 fully saturated rings. The number of carbonyl (C=O) groups is 1. The average molecular weight is 493 g/mol. The summed E-state index contributed by atoms with van der Waals surface area (Å²) in [5, 5.41) is 12.5. The van der Waals surface area contributed by atoms with Crippen molar-refractivity contribution in [2.45, 2.75) is 65.3 Å². The number of alkyl halides is 3. The number of hydrogen-bond donors (Lipinski definition) is 2. The Morgan fingerprint density at radius 3 is 2.26 bits per heavy atom. The molecule has 1 unspecified atom stereocenters. The second-order valence-corrected chi connectivity index (χ2v) is 10.4. The highest BCUT2D eigenvalue weighted by atomic mass is 19.4. The lowest BCUT2D eigenvalue weighted by Gasteiger charge is -2.38. The molecule has 0 bridgehead atoms. The van der Waals surface area contributed by atoms with Crippen molar-refractivity contribution >= 4 is 17.3 Å². The predicted octanol–water partition coefficient (Wildman–Crippen LogP) is 6.47. The summed E-state index contributed by atoms with van der Waals surface area (Å²) in [7, 11) is 0. The first-order chi connectivity index (χ1) is 16.2. The topological polar surface area (TPSA) is 61.8 Å².